The van der Waals surface area contributed by atoms with Crippen LogP contribution in [-0.4, -0.2) is 61.2 Å². The zero-order valence-electron chi connectivity index (χ0n) is 11.7. The molecule has 1 heterocycles. The van der Waals surface area contributed by atoms with Crippen LogP contribution >= 0.6 is 0 Å². The molecule has 0 aromatic rings. The Balaban J connectivity index is 2.24. The number of rotatable bonds is 7. The molecule has 6 nitrogen and oxygen atoms in total. The number of piperidine rings is 1. The van der Waals surface area contributed by atoms with Crippen LogP contribution < -0.4 is 10.6 Å². The van der Waals surface area contributed by atoms with E-state index < -0.39 is 0 Å². The van der Waals surface area contributed by atoms with Crippen molar-refractivity contribution in [2.24, 2.45) is 5.92 Å². The number of carbonyl (C=O) groups excluding carboxylic acids is 2. The molecule has 1 saturated heterocycles. The number of aliphatic hydroxyl groups is 1. The maximum atomic E-state index is 11.8. The van der Waals surface area contributed by atoms with Crippen LogP contribution in [0.2, 0.25) is 0 Å². The smallest absolute Gasteiger partial charge is 0.236 e. The predicted octanol–water partition coefficient (Wildman–Crippen LogP) is -0.667. The molecule has 0 aromatic heterocycles. The van der Waals surface area contributed by atoms with Crippen LogP contribution in [-0.2, 0) is 9.59 Å². The molecule has 0 bridgehead atoms. The van der Waals surface area contributed by atoms with Crippen LogP contribution in [0.5, 0.6) is 0 Å². The van der Waals surface area contributed by atoms with Crippen LogP contribution in [0, 0.1) is 5.92 Å². The Kier molecular flexibility index (Phi) is 7.43. The number of likely N-dealkylation sites (tertiary alicyclic amines) is 1. The summed E-state index contributed by atoms with van der Waals surface area (Å²) in [6.07, 6.45) is 2.04. The van der Waals surface area contributed by atoms with Crippen LogP contribution in [0.25, 0.3) is 0 Å². The summed E-state index contributed by atoms with van der Waals surface area (Å²) in [5.74, 6) is 0.162. The van der Waals surface area contributed by atoms with Gasteiger partial charge in [0.2, 0.25) is 11.8 Å². The first-order valence-electron chi connectivity index (χ1n) is 7.06. The quantitative estimate of drug-likeness (QED) is 0.537. The van der Waals surface area contributed by atoms with Gasteiger partial charge in [-0.1, -0.05) is 6.92 Å². The molecular formula is C13H25N3O3. The lowest BCUT2D eigenvalue weighted by molar-refractivity contribution is -0.134. The van der Waals surface area contributed by atoms with E-state index in [1.54, 1.807) is 0 Å². The summed E-state index contributed by atoms with van der Waals surface area (Å²) < 4.78 is 0. The highest BCUT2D eigenvalue weighted by Gasteiger charge is 2.26. The van der Waals surface area contributed by atoms with Crippen molar-refractivity contribution >= 4 is 11.8 Å². The monoisotopic (exact) mass is 271 g/mol. The maximum absolute atomic E-state index is 11.8. The van der Waals surface area contributed by atoms with Gasteiger partial charge in [-0.3, -0.25) is 9.59 Å². The fourth-order valence-corrected chi connectivity index (χ4v) is 2.17. The van der Waals surface area contributed by atoms with Crippen LogP contribution in [0.4, 0.5) is 0 Å². The van der Waals surface area contributed by atoms with Gasteiger partial charge >= 0.3 is 0 Å². The van der Waals surface area contributed by atoms with E-state index in [0.29, 0.717) is 32.6 Å². The Bertz CT molecular complexity index is 289. The van der Waals surface area contributed by atoms with Crippen LogP contribution in [0.3, 0.4) is 0 Å². The molecule has 1 rings (SSSR count). The molecule has 0 spiro atoms. The van der Waals surface area contributed by atoms with Crippen molar-refractivity contribution in [1.82, 2.24) is 15.5 Å². The number of amides is 2. The third-order valence-corrected chi connectivity index (χ3v) is 3.38. The number of aliphatic hydroxyl groups excluding tert-OH is 1. The molecule has 1 aliphatic heterocycles. The minimum Gasteiger partial charge on any atom is -0.396 e. The van der Waals surface area contributed by atoms with Gasteiger partial charge in [0.25, 0.3) is 0 Å². The average molecular weight is 271 g/mol. The molecule has 0 saturated carbocycles. The molecule has 0 aliphatic carbocycles. The van der Waals surface area contributed by atoms with Crippen LogP contribution in [0.1, 0.15) is 26.2 Å². The lowest BCUT2D eigenvalue weighted by Gasteiger charge is -2.31. The van der Waals surface area contributed by atoms with E-state index in [4.69, 9.17) is 5.11 Å². The summed E-state index contributed by atoms with van der Waals surface area (Å²) >= 11 is 0. The van der Waals surface area contributed by atoms with Gasteiger partial charge in [-0.2, -0.15) is 0 Å². The highest BCUT2D eigenvalue weighted by molar-refractivity contribution is 5.80. The van der Waals surface area contributed by atoms with Crippen molar-refractivity contribution in [1.29, 1.82) is 0 Å². The second-order valence-electron chi connectivity index (χ2n) is 4.80. The number of carbonyl (C=O) groups is 2. The second-order valence-corrected chi connectivity index (χ2v) is 4.80. The van der Waals surface area contributed by atoms with Gasteiger partial charge in [0.15, 0.2) is 0 Å². The fraction of sp³-hybridized carbons (Fsp3) is 0.846. The van der Waals surface area contributed by atoms with Gasteiger partial charge in [0.1, 0.15) is 0 Å². The molecule has 1 aliphatic rings. The Morgan fingerprint density at radius 3 is 2.58 bits per heavy atom. The molecule has 110 valence electrons. The lowest BCUT2D eigenvalue weighted by atomic mass is 9.96. The van der Waals surface area contributed by atoms with Gasteiger partial charge in [0, 0.05) is 32.2 Å². The lowest BCUT2D eigenvalue weighted by Crippen LogP contribution is -2.45. The minimum absolute atomic E-state index is 0.00174. The Hall–Kier alpha value is -1.14. The van der Waals surface area contributed by atoms with Crippen molar-refractivity contribution in [2.45, 2.75) is 26.2 Å². The maximum Gasteiger partial charge on any atom is 0.236 e. The minimum atomic E-state index is 0.00174. The Morgan fingerprint density at radius 2 is 2.00 bits per heavy atom. The standard InChI is InChI=1S/C13H25N3O3/c1-2-14-10-12(18)16-7-4-11(5-8-16)13(19)15-6-3-9-17/h11,14,17H,2-10H2,1H3,(H,15,19). The van der Waals surface area contributed by atoms with Crippen molar-refractivity contribution in [3.8, 4) is 0 Å². The van der Waals surface area contributed by atoms with E-state index in [9.17, 15) is 9.59 Å². The van der Waals surface area contributed by atoms with E-state index in [1.165, 1.54) is 0 Å². The normalized spacial score (nSPS) is 16.4. The molecule has 19 heavy (non-hydrogen) atoms. The summed E-state index contributed by atoms with van der Waals surface area (Å²) in [6.45, 7) is 5.06. The van der Waals surface area contributed by atoms with Crippen molar-refractivity contribution < 1.29 is 14.7 Å². The number of likely N-dealkylation sites (N-methyl/N-ethyl adjacent to an activating group) is 1. The summed E-state index contributed by atoms with van der Waals surface area (Å²) in [5.41, 5.74) is 0. The summed E-state index contributed by atoms with van der Waals surface area (Å²) in [4.78, 5) is 25.4. The van der Waals surface area contributed by atoms with Gasteiger partial charge in [-0.15, -0.1) is 0 Å². The Labute approximate surface area is 114 Å². The zero-order chi connectivity index (χ0) is 14.1. The van der Waals surface area contributed by atoms with E-state index in [0.717, 1.165) is 19.4 Å². The molecule has 1 fully saturated rings. The van der Waals surface area contributed by atoms with E-state index >= 15 is 0 Å². The van der Waals surface area contributed by atoms with Gasteiger partial charge < -0.3 is 20.6 Å². The number of hydrogen-bond acceptors (Lipinski definition) is 4. The molecule has 0 unspecified atom stereocenters. The molecule has 0 aromatic carbocycles. The number of nitrogens with one attached hydrogen (secondary N) is 2. The van der Waals surface area contributed by atoms with Gasteiger partial charge in [-0.25, -0.2) is 0 Å². The first kappa shape index (κ1) is 15.9. The molecule has 3 N–H and O–H groups in total. The first-order valence-corrected chi connectivity index (χ1v) is 7.06. The fourth-order valence-electron chi connectivity index (χ4n) is 2.17. The molecule has 0 radical (unpaired) electrons. The summed E-state index contributed by atoms with van der Waals surface area (Å²) in [7, 11) is 0. The highest BCUT2D eigenvalue weighted by Crippen LogP contribution is 2.17. The van der Waals surface area contributed by atoms with Gasteiger partial charge in [0.05, 0.1) is 6.54 Å². The largest absolute Gasteiger partial charge is 0.396 e. The van der Waals surface area contributed by atoms with Gasteiger partial charge in [-0.05, 0) is 25.8 Å². The highest BCUT2D eigenvalue weighted by atomic mass is 16.3. The molecule has 2 amide bonds. The Morgan fingerprint density at radius 1 is 1.32 bits per heavy atom. The third kappa shape index (κ3) is 5.57. The van der Waals surface area contributed by atoms with E-state index in [2.05, 4.69) is 10.6 Å². The SMILES string of the molecule is CCNCC(=O)N1CCC(C(=O)NCCCO)CC1. The van der Waals surface area contributed by atoms with Crippen molar-refractivity contribution in [2.75, 3.05) is 39.3 Å². The molecular weight excluding hydrogens is 246 g/mol. The summed E-state index contributed by atoms with van der Waals surface area (Å²) in [6, 6.07) is 0. The number of nitrogens with zero attached hydrogens (tertiary/aromatic N) is 1. The van der Waals surface area contributed by atoms with Crippen LogP contribution in [0.15, 0.2) is 0 Å². The number of hydrogen-bond donors (Lipinski definition) is 3. The van der Waals surface area contributed by atoms with E-state index in [1.807, 2.05) is 11.8 Å². The third-order valence-electron chi connectivity index (χ3n) is 3.38. The van der Waals surface area contributed by atoms with Crippen molar-refractivity contribution in [3.05, 3.63) is 0 Å². The first-order chi connectivity index (χ1) is 9.19. The predicted molar refractivity (Wildman–Crippen MR) is 72.6 cm³/mol. The molecule has 0 atom stereocenters. The molecule has 6 heteroatoms. The zero-order valence-corrected chi connectivity index (χ0v) is 11.7. The topological polar surface area (TPSA) is 81.7 Å². The summed E-state index contributed by atoms with van der Waals surface area (Å²) in [5, 5.41) is 14.5. The second kappa shape index (κ2) is 8.87. The average Bonchev–Trinajstić information content (AvgIpc) is 2.45. The van der Waals surface area contributed by atoms with Crippen molar-refractivity contribution in [3.63, 3.8) is 0 Å². The van der Waals surface area contributed by atoms with E-state index in [-0.39, 0.29) is 24.3 Å².